The van der Waals surface area contributed by atoms with E-state index >= 15 is 0 Å². The normalized spacial score (nSPS) is 15.5. The number of ether oxygens (including phenoxy) is 1. The van der Waals surface area contributed by atoms with E-state index < -0.39 is 53.4 Å². The zero-order chi connectivity index (χ0) is 43.9. The largest absolute Gasteiger partial charge is 0.504 e. The summed E-state index contributed by atoms with van der Waals surface area (Å²) in [4.78, 5) is 43.8. The van der Waals surface area contributed by atoms with Gasteiger partial charge in [-0.05, 0) is 59.7 Å². The molecule has 4 aromatic rings. The van der Waals surface area contributed by atoms with E-state index in [4.69, 9.17) is 17.0 Å². The first-order valence-electron chi connectivity index (χ1n) is 20.0. The van der Waals surface area contributed by atoms with Crippen LogP contribution in [-0.4, -0.2) is 58.0 Å². The fourth-order valence-corrected chi connectivity index (χ4v) is 6.92. The number of amides is 3. The third kappa shape index (κ3) is 12.7. The Labute approximate surface area is 349 Å². The first kappa shape index (κ1) is 48.2. The quantitative estimate of drug-likeness (QED) is 0.0555. The van der Waals surface area contributed by atoms with E-state index in [1.807, 2.05) is 27.7 Å². The predicted octanol–water partition coefficient (Wildman–Crippen LogP) is 8.22. The number of H-pyrrole nitrogens is 1. The van der Waals surface area contributed by atoms with Crippen LogP contribution >= 0.6 is 12.2 Å². The minimum atomic E-state index is -4.63. The van der Waals surface area contributed by atoms with Gasteiger partial charge >= 0.3 is 6.18 Å². The van der Waals surface area contributed by atoms with Gasteiger partial charge in [-0.1, -0.05) is 109 Å². The van der Waals surface area contributed by atoms with Gasteiger partial charge in [-0.25, -0.2) is 4.39 Å². The lowest BCUT2D eigenvalue weighted by molar-refractivity contribution is -0.136. The van der Waals surface area contributed by atoms with Gasteiger partial charge in [-0.2, -0.15) is 13.2 Å². The van der Waals surface area contributed by atoms with E-state index in [2.05, 4.69) is 40.1 Å². The Morgan fingerprint density at radius 3 is 2.29 bits per heavy atom. The van der Waals surface area contributed by atoms with Gasteiger partial charge < -0.3 is 36.1 Å². The summed E-state index contributed by atoms with van der Waals surface area (Å²) in [5.41, 5.74) is -0.796. The second kappa shape index (κ2) is 22.3. The minimum Gasteiger partial charge on any atom is -0.504 e. The number of rotatable bonds is 14. The van der Waals surface area contributed by atoms with Crippen molar-refractivity contribution in [2.45, 2.75) is 111 Å². The van der Waals surface area contributed by atoms with Crippen molar-refractivity contribution in [2.75, 3.05) is 13.7 Å². The number of unbranched alkanes of at least 4 members (excludes halogenated alkanes) is 1. The molecule has 0 radical (unpaired) electrons. The molecular weight excluding hydrogens is 787 g/mol. The van der Waals surface area contributed by atoms with Crippen LogP contribution in [0.15, 0.2) is 60.7 Å². The number of halogens is 4. The minimum absolute atomic E-state index is 0.0213. The monoisotopic (exact) mass is 843 g/mol. The molecule has 0 bridgehead atoms. The molecule has 15 heteroatoms. The lowest BCUT2D eigenvalue weighted by atomic mass is 9.78. The molecule has 322 valence electrons. The fraction of sp³-hybridized carbons (Fsp3) is 0.455. The summed E-state index contributed by atoms with van der Waals surface area (Å²) < 4.78 is 61.1. The number of alkyl halides is 3. The van der Waals surface area contributed by atoms with Crippen molar-refractivity contribution in [1.29, 1.82) is 0 Å². The van der Waals surface area contributed by atoms with E-state index in [1.165, 1.54) is 56.3 Å². The molecule has 1 aliphatic carbocycles. The molecule has 1 heterocycles. The Morgan fingerprint density at radius 2 is 1.68 bits per heavy atom. The molecule has 5 rings (SSSR count). The molecule has 1 unspecified atom stereocenters. The average Bonchev–Trinajstić information content (AvgIpc) is 3.59. The number of carbonyl (C=O) groups excluding carboxylic acids is 3. The summed E-state index contributed by atoms with van der Waals surface area (Å²) in [6.07, 6.45) is -1.70. The molecule has 0 spiro atoms. The van der Waals surface area contributed by atoms with Gasteiger partial charge in [0.15, 0.2) is 11.5 Å². The maximum Gasteiger partial charge on any atom is 0.418 e. The van der Waals surface area contributed by atoms with Crippen LogP contribution in [0.3, 0.4) is 0 Å². The number of thiocarbonyl (C=S) groups is 1. The predicted molar refractivity (Wildman–Crippen MR) is 227 cm³/mol. The summed E-state index contributed by atoms with van der Waals surface area (Å²) >= 11 is 5.75. The number of phenolic OH excluding ortho intramolecular Hbond substituents is 1. The van der Waals surface area contributed by atoms with Gasteiger partial charge in [-0.15, -0.1) is 0 Å². The van der Waals surface area contributed by atoms with Crippen LogP contribution in [-0.2, 0) is 46.4 Å². The number of methoxy groups -OCH3 is 1. The fourth-order valence-electron chi connectivity index (χ4n) is 6.56. The molecule has 0 aliphatic heterocycles. The van der Waals surface area contributed by atoms with E-state index in [0.29, 0.717) is 34.0 Å². The smallest absolute Gasteiger partial charge is 0.418 e. The SMILES string of the molecule is CC.CCC(C)[C@H](NC(=O)[C@@]1(NC(=O)CNC(=O)Cc2ccccc2F)CCc2[nH]c3c(C(F)(F)F)cccc3c2C1)C(=S)NCc1ccc(OC)c(O)c1.CCCC. The van der Waals surface area contributed by atoms with Crippen LogP contribution < -0.4 is 26.0 Å². The zero-order valence-corrected chi connectivity index (χ0v) is 35.6. The van der Waals surface area contributed by atoms with Gasteiger partial charge in [-0.3, -0.25) is 14.4 Å². The summed E-state index contributed by atoms with van der Waals surface area (Å²) in [5, 5.41) is 21.9. The van der Waals surface area contributed by atoms with E-state index in [9.17, 15) is 37.1 Å². The third-order valence-electron chi connectivity index (χ3n) is 10.2. The first-order valence-corrected chi connectivity index (χ1v) is 20.4. The Bertz CT molecular complexity index is 2050. The second-order valence-corrected chi connectivity index (χ2v) is 14.7. The number of aromatic nitrogens is 1. The van der Waals surface area contributed by atoms with Crippen molar-refractivity contribution >= 4 is 45.8 Å². The summed E-state index contributed by atoms with van der Waals surface area (Å²) in [7, 11) is 1.44. The number of aryl methyl sites for hydroxylation is 1. The molecule has 6 N–H and O–H groups in total. The van der Waals surface area contributed by atoms with Crippen molar-refractivity contribution in [2.24, 2.45) is 5.92 Å². The number of phenols is 1. The molecule has 3 atom stereocenters. The van der Waals surface area contributed by atoms with E-state index in [0.717, 1.165) is 6.07 Å². The molecule has 1 aromatic heterocycles. The summed E-state index contributed by atoms with van der Waals surface area (Å²) in [6, 6.07) is 13.7. The molecule has 0 fully saturated rings. The number of hydrogen-bond donors (Lipinski definition) is 6. The molecule has 10 nitrogen and oxygen atoms in total. The maximum absolute atomic E-state index is 14.5. The second-order valence-electron chi connectivity index (χ2n) is 14.2. The molecule has 3 aromatic carbocycles. The van der Waals surface area contributed by atoms with Crippen LogP contribution in [0.1, 0.15) is 95.2 Å². The molecular formula is C44H57F4N5O5S. The Kier molecular flexibility index (Phi) is 18.2. The highest BCUT2D eigenvalue weighted by Crippen LogP contribution is 2.40. The van der Waals surface area contributed by atoms with Crippen LogP contribution in [0.25, 0.3) is 10.9 Å². The Morgan fingerprint density at radius 1 is 0.983 bits per heavy atom. The highest BCUT2D eigenvalue weighted by molar-refractivity contribution is 7.80. The van der Waals surface area contributed by atoms with Crippen LogP contribution in [0.5, 0.6) is 11.5 Å². The molecule has 59 heavy (non-hydrogen) atoms. The molecule has 3 amide bonds. The van der Waals surface area contributed by atoms with Gasteiger partial charge in [0.2, 0.25) is 17.7 Å². The van der Waals surface area contributed by atoms with Crippen molar-refractivity contribution in [3.8, 4) is 11.5 Å². The summed E-state index contributed by atoms with van der Waals surface area (Å²) in [5.74, 6) is -2.45. The van der Waals surface area contributed by atoms with E-state index in [-0.39, 0.29) is 60.4 Å². The van der Waals surface area contributed by atoms with Crippen molar-refractivity contribution in [1.82, 2.24) is 26.3 Å². The molecule has 1 aliphatic rings. The molecule has 0 saturated carbocycles. The lowest BCUT2D eigenvalue weighted by Crippen LogP contribution is -2.65. The maximum atomic E-state index is 14.5. The van der Waals surface area contributed by atoms with Gasteiger partial charge in [0.25, 0.3) is 0 Å². The highest BCUT2D eigenvalue weighted by Gasteiger charge is 2.46. The number of fused-ring (bicyclic) bond motifs is 3. The van der Waals surface area contributed by atoms with Crippen molar-refractivity contribution in [3.05, 3.63) is 94.4 Å². The van der Waals surface area contributed by atoms with Gasteiger partial charge in [0, 0.05) is 24.0 Å². The number of aromatic hydroxyl groups is 1. The van der Waals surface area contributed by atoms with Gasteiger partial charge in [0.1, 0.15) is 11.4 Å². The lowest BCUT2D eigenvalue weighted by Gasteiger charge is -2.39. The number of aromatic amines is 1. The van der Waals surface area contributed by atoms with Crippen molar-refractivity contribution in [3.63, 3.8) is 0 Å². The van der Waals surface area contributed by atoms with Crippen LogP contribution in [0.4, 0.5) is 17.6 Å². The highest BCUT2D eigenvalue weighted by atomic mass is 32.1. The van der Waals surface area contributed by atoms with Crippen LogP contribution in [0, 0.1) is 11.7 Å². The number of hydrogen-bond acceptors (Lipinski definition) is 6. The number of para-hydroxylation sites is 1. The number of carbonyl (C=O) groups is 3. The molecule has 0 saturated heterocycles. The number of nitrogens with one attached hydrogen (secondary N) is 5. The van der Waals surface area contributed by atoms with E-state index in [1.54, 1.807) is 18.2 Å². The van der Waals surface area contributed by atoms with Gasteiger partial charge in [0.05, 0.1) is 42.2 Å². The first-order chi connectivity index (χ1) is 28.1. The Hall–Kier alpha value is -5.18. The third-order valence-corrected chi connectivity index (χ3v) is 10.6. The topological polar surface area (TPSA) is 145 Å². The van der Waals surface area contributed by atoms with Crippen molar-refractivity contribution < 1.29 is 41.8 Å². The van der Waals surface area contributed by atoms with Crippen LogP contribution in [0.2, 0.25) is 0 Å². The summed E-state index contributed by atoms with van der Waals surface area (Å²) in [6.45, 7) is 11.9. The Balaban J connectivity index is 0.00000146. The number of benzene rings is 3. The average molecular weight is 844 g/mol. The standard InChI is InChI=1S/C38H41F4N5O5S.C4H10.C2H6/c1-4-21(2)33(35(53)44-19-22-12-13-30(52-3)29(48)16-22)46-36(51)37(47-32(50)20-43-31(49)17-23-8-5-6-11-27(23)39)15-14-28-25(18-37)24-9-7-10-26(34(24)45-28)38(40,41)42;1-3-4-2;1-2/h5-13,16,21,33,45,48H,4,14-15,17-20H2,1-3H3,(H,43,49)(H,44,53)(H,46,51)(H,47,50);3-4H2,1-2H3;1-2H3/t21?,33-,37+;;/m0../s1. The zero-order valence-electron chi connectivity index (χ0n) is 34.8.